The van der Waals surface area contributed by atoms with Crippen molar-refractivity contribution in [3.8, 4) is 0 Å². The van der Waals surface area contributed by atoms with Crippen molar-refractivity contribution >= 4 is 23.2 Å². The normalized spacial score (nSPS) is 10.6. The molecular weight excluding hydrogens is 252 g/mol. The molecule has 1 amide bonds. The van der Waals surface area contributed by atoms with Crippen molar-refractivity contribution in [2.24, 2.45) is 0 Å². The van der Waals surface area contributed by atoms with Gasteiger partial charge in [-0.2, -0.15) is 0 Å². The van der Waals surface area contributed by atoms with Gasteiger partial charge >= 0.3 is 5.97 Å². The zero-order valence-electron chi connectivity index (χ0n) is 10.6. The number of amides is 1. The van der Waals surface area contributed by atoms with Crippen LogP contribution >= 0.6 is 11.3 Å². The molecule has 0 saturated heterocycles. The van der Waals surface area contributed by atoms with Crippen molar-refractivity contribution in [3.05, 3.63) is 21.9 Å². The van der Waals surface area contributed by atoms with E-state index < -0.39 is 5.97 Å². The minimum Gasteiger partial charge on any atom is -0.477 e. The molecule has 0 fully saturated rings. The Morgan fingerprint density at radius 1 is 1.28 bits per heavy atom. The fourth-order valence-electron chi connectivity index (χ4n) is 1.53. The molecule has 5 nitrogen and oxygen atoms in total. The van der Waals surface area contributed by atoms with Crippen molar-refractivity contribution < 1.29 is 14.7 Å². The summed E-state index contributed by atoms with van der Waals surface area (Å²) in [5.74, 6) is -1.21. The third-order valence-corrected chi connectivity index (χ3v) is 3.72. The maximum absolute atomic E-state index is 11.7. The van der Waals surface area contributed by atoms with Gasteiger partial charge < -0.3 is 15.3 Å². The molecular formula is C12H18N2O3S. The average molecular weight is 270 g/mol. The van der Waals surface area contributed by atoms with Gasteiger partial charge in [0.15, 0.2) is 0 Å². The Balaban J connectivity index is 2.42. The van der Waals surface area contributed by atoms with E-state index in [9.17, 15) is 9.59 Å². The van der Waals surface area contributed by atoms with Crippen molar-refractivity contribution in [2.75, 3.05) is 26.2 Å². The number of nitrogens with zero attached hydrogens (tertiary/aromatic N) is 1. The maximum atomic E-state index is 11.7. The van der Waals surface area contributed by atoms with Gasteiger partial charge in [-0.3, -0.25) is 4.79 Å². The van der Waals surface area contributed by atoms with Crippen LogP contribution in [0.3, 0.4) is 0 Å². The molecule has 6 heteroatoms. The molecule has 0 spiro atoms. The highest BCUT2D eigenvalue weighted by Crippen LogP contribution is 2.15. The summed E-state index contributed by atoms with van der Waals surface area (Å²) in [7, 11) is 0. The molecule has 1 rings (SSSR count). The SMILES string of the molecule is CCN(CC)CCNC(=O)c1ccc(C(=O)O)s1. The first-order valence-electron chi connectivity index (χ1n) is 5.92. The summed E-state index contributed by atoms with van der Waals surface area (Å²) in [5.41, 5.74) is 0. The largest absolute Gasteiger partial charge is 0.477 e. The van der Waals surface area contributed by atoms with Crippen LogP contribution in [0.1, 0.15) is 33.2 Å². The quantitative estimate of drug-likeness (QED) is 0.788. The van der Waals surface area contributed by atoms with Crippen LogP contribution in [0.15, 0.2) is 12.1 Å². The van der Waals surface area contributed by atoms with Crippen molar-refractivity contribution in [1.29, 1.82) is 0 Å². The number of nitrogens with one attached hydrogen (secondary N) is 1. The zero-order chi connectivity index (χ0) is 13.5. The van der Waals surface area contributed by atoms with Crippen LogP contribution in [0.4, 0.5) is 0 Å². The van der Waals surface area contributed by atoms with E-state index in [2.05, 4.69) is 24.1 Å². The summed E-state index contributed by atoms with van der Waals surface area (Å²) in [6.45, 7) is 7.42. The van der Waals surface area contributed by atoms with Gasteiger partial charge in [0.2, 0.25) is 0 Å². The van der Waals surface area contributed by atoms with Gasteiger partial charge in [-0.1, -0.05) is 13.8 Å². The standard InChI is InChI=1S/C12H18N2O3S/c1-3-14(4-2)8-7-13-11(15)9-5-6-10(18-9)12(16)17/h5-6H,3-4,7-8H2,1-2H3,(H,13,15)(H,16,17). The van der Waals surface area contributed by atoms with E-state index in [-0.39, 0.29) is 10.8 Å². The molecule has 0 aliphatic carbocycles. The molecule has 0 radical (unpaired) electrons. The first-order chi connectivity index (χ1) is 8.58. The topological polar surface area (TPSA) is 69.6 Å². The number of carbonyl (C=O) groups excluding carboxylic acids is 1. The smallest absolute Gasteiger partial charge is 0.345 e. The van der Waals surface area contributed by atoms with Gasteiger partial charge in [-0.25, -0.2) is 4.79 Å². The lowest BCUT2D eigenvalue weighted by atomic mass is 10.4. The molecule has 0 aliphatic heterocycles. The van der Waals surface area contributed by atoms with Crippen LogP contribution in [0.5, 0.6) is 0 Å². The first kappa shape index (κ1) is 14.7. The molecule has 1 aromatic rings. The number of hydrogen-bond donors (Lipinski definition) is 2. The second kappa shape index (κ2) is 7.13. The van der Waals surface area contributed by atoms with Crippen LogP contribution in [-0.4, -0.2) is 48.1 Å². The molecule has 1 aromatic heterocycles. The number of hydrogen-bond acceptors (Lipinski definition) is 4. The minimum atomic E-state index is -0.998. The van der Waals surface area contributed by atoms with Gasteiger partial charge in [0.05, 0.1) is 4.88 Å². The lowest BCUT2D eigenvalue weighted by Crippen LogP contribution is -2.34. The molecule has 0 atom stereocenters. The first-order valence-corrected chi connectivity index (χ1v) is 6.73. The fraction of sp³-hybridized carbons (Fsp3) is 0.500. The molecule has 0 aromatic carbocycles. The molecule has 0 bridgehead atoms. The summed E-state index contributed by atoms with van der Waals surface area (Å²) in [6.07, 6.45) is 0. The fourth-order valence-corrected chi connectivity index (χ4v) is 2.29. The average Bonchev–Trinajstić information content (AvgIpc) is 2.84. The molecule has 0 unspecified atom stereocenters. The number of carbonyl (C=O) groups is 2. The molecule has 100 valence electrons. The second-order valence-corrected chi connectivity index (χ2v) is 4.84. The molecule has 2 N–H and O–H groups in total. The predicted octanol–water partition coefficient (Wildman–Crippen LogP) is 1.52. The highest BCUT2D eigenvalue weighted by molar-refractivity contribution is 7.15. The van der Waals surface area contributed by atoms with Crippen LogP contribution in [0.2, 0.25) is 0 Å². The summed E-state index contributed by atoms with van der Waals surface area (Å²) in [6, 6.07) is 2.99. The summed E-state index contributed by atoms with van der Waals surface area (Å²) in [4.78, 5) is 25.2. The lowest BCUT2D eigenvalue weighted by Gasteiger charge is -2.17. The number of thiophene rings is 1. The molecule has 0 aliphatic rings. The van der Waals surface area contributed by atoms with Crippen LogP contribution in [0, 0.1) is 0 Å². The number of rotatable bonds is 7. The van der Waals surface area contributed by atoms with Gasteiger partial charge in [-0.15, -0.1) is 11.3 Å². The zero-order valence-corrected chi connectivity index (χ0v) is 11.4. The Bertz CT molecular complexity index is 413. The van der Waals surface area contributed by atoms with Gasteiger partial charge in [0.1, 0.15) is 4.88 Å². The highest BCUT2D eigenvalue weighted by Gasteiger charge is 2.12. The molecule has 18 heavy (non-hydrogen) atoms. The Hall–Kier alpha value is -1.40. The summed E-state index contributed by atoms with van der Waals surface area (Å²) < 4.78 is 0. The van der Waals surface area contributed by atoms with Gasteiger partial charge in [0.25, 0.3) is 5.91 Å². The van der Waals surface area contributed by atoms with E-state index >= 15 is 0 Å². The van der Waals surface area contributed by atoms with Gasteiger partial charge in [-0.05, 0) is 25.2 Å². The van der Waals surface area contributed by atoms with Crippen molar-refractivity contribution in [2.45, 2.75) is 13.8 Å². The maximum Gasteiger partial charge on any atom is 0.345 e. The third-order valence-electron chi connectivity index (χ3n) is 2.65. The Morgan fingerprint density at radius 3 is 2.39 bits per heavy atom. The minimum absolute atomic E-state index is 0.184. The highest BCUT2D eigenvalue weighted by atomic mass is 32.1. The van der Waals surface area contributed by atoms with Crippen LogP contribution in [-0.2, 0) is 0 Å². The monoisotopic (exact) mass is 270 g/mol. The van der Waals surface area contributed by atoms with Crippen LogP contribution < -0.4 is 5.32 Å². The third kappa shape index (κ3) is 4.12. The van der Waals surface area contributed by atoms with E-state index in [4.69, 9.17) is 5.11 Å². The number of aromatic carboxylic acids is 1. The van der Waals surface area contributed by atoms with E-state index in [0.29, 0.717) is 11.4 Å². The Morgan fingerprint density at radius 2 is 1.89 bits per heavy atom. The summed E-state index contributed by atoms with van der Waals surface area (Å²) in [5, 5.41) is 11.6. The molecule has 1 heterocycles. The number of likely N-dealkylation sites (N-methyl/N-ethyl adjacent to an activating group) is 1. The Kier molecular flexibility index (Phi) is 5.80. The van der Waals surface area contributed by atoms with E-state index in [1.165, 1.54) is 6.07 Å². The Labute approximate surface area is 110 Å². The summed E-state index contributed by atoms with van der Waals surface area (Å²) >= 11 is 0.994. The number of carboxylic acids is 1. The second-order valence-electron chi connectivity index (χ2n) is 3.75. The van der Waals surface area contributed by atoms with E-state index in [1.54, 1.807) is 6.07 Å². The van der Waals surface area contributed by atoms with Crippen molar-refractivity contribution in [3.63, 3.8) is 0 Å². The van der Waals surface area contributed by atoms with Crippen molar-refractivity contribution in [1.82, 2.24) is 10.2 Å². The van der Waals surface area contributed by atoms with E-state index in [0.717, 1.165) is 31.0 Å². The lowest BCUT2D eigenvalue weighted by molar-refractivity contribution is 0.0702. The predicted molar refractivity (Wildman–Crippen MR) is 71.4 cm³/mol. The van der Waals surface area contributed by atoms with Crippen LogP contribution in [0.25, 0.3) is 0 Å². The van der Waals surface area contributed by atoms with E-state index in [1.807, 2.05) is 0 Å². The number of carboxylic acid groups (broad SMARTS) is 1. The van der Waals surface area contributed by atoms with Gasteiger partial charge in [0, 0.05) is 13.1 Å². The molecule has 0 saturated carbocycles.